The van der Waals surface area contributed by atoms with Crippen LogP contribution in [-0.4, -0.2) is 60.1 Å². The number of sulfonamides is 1. The maximum absolute atomic E-state index is 12.8. The molecule has 2 aromatic carbocycles. The van der Waals surface area contributed by atoms with E-state index in [1.165, 1.54) is 28.2 Å². The lowest BCUT2D eigenvalue weighted by Gasteiger charge is -2.26. The highest BCUT2D eigenvalue weighted by Gasteiger charge is 2.26. The average molecular weight is 474 g/mol. The van der Waals surface area contributed by atoms with E-state index in [0.717, 1.165) is 22.7 Å². The van der Waals surface area contributed by atoms with E-state index in [0.29, 0.717) is 37.8 Å². The molecule has 0 atom stereocenters. The third kappa shape index (κ3) is 4.91. The second-order valence-corrected chi connectivity index (χ2v) is 11.0. The predicted molar refractivity (Wildman–Crippen MR) is 126 cm³/mol. The SMILES string of the molecule is CC(C)Cn1c(SCC(=O)c2ccc(S(=O)(=O)N3CCOCC3)cc2)nc2ccccc21. The summed E-state index contributed by atoms with van der Waals surface area (Å²) in [5.74, 6) is 0.619. The number of fused-ring (bicyclic) bond motifs is 1. The molecule has 1 saturated heterocycles. The number of hydrogen-bond donors (Lipinski definition) is 0. The van der Waals surface area contributed by atoms with Gasteiger partial charge in [-0.2, -0.15) is 4.31 Å². The summed E-state index contributed by atoms with van der Waals surface area (Å²) in [6, 6.07) is 14.2. The molecule has 0 unspecified atom stereocenters. The van der Waals surface area contributed by atoms with Crippen molar-refractivity contribution in [3.63, 3.8) is 0 Å². The van der Waals surface area contributed by atoms with Crippen molar-refractivity contribution in [3.8, 4) is 0 Å². The molecule has 1 fully saturated rings. The van der Waals surface area contributed by atoms with Crippen LogP contribution in [0.15, 0.2) is 58.6 Å². The zero-order chi connectivity index (χ0) is 22.7. The molecule has 4 rings (SSSR count). The quantitative estimate of drug-likeness (QED) is 0.367. The number of morpholine rings is 1. The van der Waals surface area contributed by atoms with Crippen LogP contribution in [0.5, 0.6) is 0 Å². The Balaban J connectivity index is 1.47. The molecule has 170 valence electrons. The van der Waals surface area contributed by atoms with E-state index >= 15 is 0 Å². The number of para-hydroxylation sites is 2. The van der Waals surface area contributed by atoms with Gasteiger partial charge in [0.05, 0.1) is 34.9 Å². The first kappa shape index (κ1) is 23.0. The second-order valence-electron chi connectivity index (χ2n) is 8.14. The van der Waals surface area contributed by atoms with Gasteiger partial charge in [0.15, 0.2) is 10.9 Å². The number of carbonyl (C=O) groups is 1. The van der Waals surface area contributed by atoms with Crippen LogP contribution in [0.25, 0.3) is 11.0 Å². The van der Waals surface area contributed by atoms with Gasteiger partial charge in [-0.25, -0.2) is 13.4 Å². The minimum absolute atomic E-state index is 0.0616. The van der Waals surface area contributed by atoms with Crippen LogP contribution in [0.1, 0.15) is 24.2 Å². The fourth-order valence-electron chi connectivity index (χ4n) is 3.67. The number of benzene rings is 2. The van der Waals surface area contributed by atoms with Crippen molar-refractivity contribution >= 4 is 38.6 Å². The topological polar surface area (TPSA) is 81.5 Å². The zero-order valence-electron chi connectivity index (χ0n) is 18.2. The Labute approximate surface area is 192 Å². The Bertz CT molecular complexity index is 1200. The maximum Gasteiger partial charge on any atom is 0.243 e. The lowest BCUT2D eigenvalue weighted by atomic mass is 10.1. The molecule has 3 aromatic rings. The van der Waals surface area contributed by atoms with Crippen molar-refractivity contribution < 1.29 is 17.9 Å². The smallest absolute Gasteiger partial charge is 0.243 e. The molecule has 0 aliphatic carbocycles. The van der Waals surface area contributed by atoms with Gasteiger partial charge in [-0.3, -0.25) is 4.79 Å². The van der Waals surface area contributed by atoms with Gasteiger partial charge in [0, 0.05) is 25.2 Å². The fourth-order valence-corrected chi connectivity index (χ4v) is 5.99. The van der Waals surface area contributed by atoms with E-state index in [9.17, 15) is 13.2 Å². The number of Topliss-reactive ketones (excluding diaryl/α,β-unsaturated/α-hetero) is 1. The highest BCUT2D eigenvalue weighted by atomic mass is 32.2. The van der Waals surface area contributed by atoms with Crippen LogP contribution < -0.4 is 0 Å². The number of rotatable bonds is 8. The molecule has 0 spiro atoms. The summed E-state index contributed by atoms with van der Waals surface area (Å²) in [5, 5.41) is 0.819. The summed E-state index contributed by atoms with van der Waals surface area (Å²) in [6.45, 7) is 6.62. The van der Waals surface area contributed by atoms with E-state index in [1.807, 2.05) is 24.3 Å². The van der Waals surface area contributed by atoms with Crippen molar-refractivity contribution in [2.75, 3.05) is 32.1 Å². The summed E-state index contributed by atoms with van der Waals surface area (Å²) >= 11 is 1.41. The number of nitrogens with zero attached hydrogens (tertiary/aromatic N) is 3. The van der Waals surface area contributed by atoms with Crippen LogP contribution in [0, 0.1) is 5.92 Å². The Morgan fingerprint density at radius 3 is 2.47 bits per heavy atom. The molecule has 7 nitrogen and oxygen atoms in total. The number of carbonyl (C=O) groups excluding carboxylic acids is 1. The molecule has 2 heterocycles. The van der Waals surface area contributed by atoms with Crippen molar-refractivity contribution in [2.45, 2.75) is 30.4 Å². The summed E-state index contributed by atoms with van der Waals surface area (Å²) < 4.78 is 34.3. The number of aromatic nitrogens is 2. The normalized spacial score (nSPS) is 15.5. The van der Waals surface area contributed by atoms with Gasteiger partial charge in [0.25, 0.3) is 0 Å². The lowest BCUT2D eigenvalue weighted by molar-refractivity contribution is 0.0730. The van der Waals surface area contributed by atoms with Crippen LogP contribution in [0.4, 0.5) is 0 Å². The van der Waals surface area contributed by atoms with E-state index in [-0.39, 0.29) is 16.4 Å². The summed E-state index contributed by atoms with van der Waals surface area (Å²) in [5.41, 5.74) is 2.47. The van der Waals surface area contributed by atoms with Crippen molar-refractivity contribution in [1.82, 2.24) is 13.9 Å². The lowest BCUT2D eigenvalue weighted by Crippen LogP contribution is -2.40. The Morgan fingerprint density at radius 2 is 1.78 bits per heavy atom. The monoisotopic (exact) mass is 473 g/mol. The standard InChI is InChI=1S/C23H27N3O4S2/c1-17(2)15-26-21-6-4-3-5-20(21)24-23(26)31-16-22(27)18-7-9-19(10-8-18)32(28,29)25-11-13-30-14-12-25/h3-10,17H,11-16H2,1-2H3. The highest BCUT2D eigenvalue weighted by molar-refractivity contribution is 7.99. The molecule has 0 bridgehead atoms. The summed E-state index contributed by atoms with van der Waals surface area (Å²) in [6.07, 6.45) is 0. The number of ether oxygens (including phenoxy) is 1. The zero-order valence-corrected chi connectivity index (χ0v) is 19.9. The number of hydrogen-bond acceptors (Lipinski definition) is 6. The van der Waals surface area contributed by atoms with Gasteiger partial charge in [0.2, 0.25) is 10.0 Å². The minimum Gasteiger partial charge on any atom is -0.379 e. The molecule has 9 heteroatoms. The molecule has 0 N–H and O–H groups in total. The number of ketones is 1. The molecule has 1 aromatic heterocycles. The van der Waals surface area contributed by atoms with Gasteiger partial charge in [0.1, 0.15) is 0 Å². The van der Waals surface area contributed by atoms with Gasteiger partial charge >= 0.3 is 0 Å². The van der Waals surface area contributed by atoms with Crippen molar-refractivity contribution in [2.24, 2.45) is 5.92 Å². The minimum atomic E-state index is -3.57. The van der Waals surface area contributed by atoms with Gasteiger partial charge in [-0.1, -0.05) is 49.9 Å². The first-order valence-corrected chi connectivity index (χ1v) is 13.1. The third-order valence-electron chi connectivity index (χ3n) is 5.28. The van der Waals surface area contributed by atoms with Crippen molar-refractivity contribution in [3.05, 3.63) is 54.1 Å². The second kappa shape index (κ2) is 9.74. The van der Waals surface area contributed by atoms with Crippen LogP contribution in [0.3, 0.4) is 0 Å². The fraction of sp³-hybridized carbons (Fsp3) is 0.391. The number of imidazole rings is 1. The molecular formula is C23H27N3O4S2. The molecule has 0 amide bonds. The first-order valence-electron chi connectivity index (χ1n) is 10.7. The van der Waals surface area contributed by atoms with Crippen LogP contribution >= 0.6 is 11.8 Å². The predicted octanol–water partition coefficient (Wildman–Crippen LogP) is 3.69. The van der Waals surface area contributed by atoms with Crippen LogP contribution in [0.2, 0.25) is 0 Å². The Morgan fingerprint density at radius 1 is 1.09 bits per heavy atom. The summed E-state index contributed by atoms with van der Waals surface area (Å²) in [7, 11) is -3.57. The molecule has 0 radical (unpaired) electrons. The number of thioether (sulfide) groups is 1. The van der Waals surface area contributed by atoms with E-state index in [2.05, 4.69) is 18.4 Å². The first-order chi connectivity index (χ1) is 15.4. The van der Waals surface area contributed by atoms with E-state index in [1.54, 1.807) is 12.1 Å². The molecule has 32 heavy (non-hydrogen) atoms. The maximum atomic E-state index is 12.8. The molecule has 1 aliphatic heterocycles. The van der Waals surface area contributed by atoms with Gasteiger partial charge < -0.3 is 9.30 Å². The molecule has 0 saturated carbocycles. The van der Waals surface area contributed by atoms with E-state index < -0.39 is 10.0 Å². The van der Waals surface area contributed by atoms with E-state index in [4.69, 9.17) is 9.72 Å². The molecule has 1 aliphatic rings. The Hall–Kier alpha value is -2.20. The highest BCUT2D eigenvalue weighted by Crippen LogP contribution is 2.26. The van der Waals surface area contributed by atoms with Gasteiger partial charge in [-0.05, 0) is 30.2 Å². The average Bonchev–Trinajstić information content (AvgIpc) is 3.15. The summed E-state index contributed by atoms with van der Waals surface area (Å²) in [4.78, 5) is 17.7. The Kier molecular flexibility index (Phi) is 6.99. The van der Waals surface area contributed by atoms with Crippen LogP contribution in [-0.2, 0) is 21.3 Å². The molecular weight excluding hydrogens is 446 g/mol. The van der Waals surface area contributed by atoms with Crippen molar-refractivity contribution in [1.29, 1.82) is 0 Å². The third-order valence-corrected chi connectivity index (χ3v) is 8.17. The largest absolute Gasteiger partial charge is 0.379 e. The van der Waals surface area contributed by atoms with Gasteiger partial charge in [-0.15, -0.1) is 0 Å².